The van der Waals surface area contributed by atoms with E-state index in [1.165, 1.54) is 23.0 Å². The van der Waals surface area contributed by atoms with Gasteiger partial charge in [0.1, 0.15) is 5.56 Å². The average Bonchev–Trinajstić information content (AvgIpc) is 3.20. The van der Waals surface area contributed by atoms with Crippen molar-refractivity contribution in [2.75, 3.05) is 4.72 Å². The zero-order chi connectivity index (χ0) is 21.1. The molecule has 4 aromatic rings. The van der Waals surface area contributed by atoms with Gasteiger partial charge in [0.25, 0.3) is 10.0 Å². The second-order valence-electron chi connectivity index (χ2n) is 6.46. The van der Waals surface area contributed by atoms with E-state index in [2.05, 4.69) is 9.82 Å². The summed E-state index contributed by atoms with van der Waals surface area (Å²) in [5, 5.41) is 13.8. The van der Waals surface area contributed by atoms with Gasteiger partial charge in [-0.05, 0) is 30.3 Å². The molecular formula is C22H17N3O4S. The number of anilines is 1. The molecule has 8 heteroatoms. The van der Waals surface area contributed by atoms with E-state index in [4.69, 9.17) is 0 Å². The number of nitrogens with zero attached hydrogens (tertiary/aromatic N) is 2. The first-order valence-corrected chi connectivity index (χ1v) is 10.5. The van der Waals surface area contributed by atoms with Gasteiger partial charge in [0, 0.05) is 5.56 Å². The number of carboxylic acids is 1. The summed E-state index contributed by atoms with van der Waals surface area (Å²) in [5.74, 6) is -1.10. The summed E-state index contributed by atoms with van der Waals surface area (Å²) in [6, 6.07) is 23.7. The fraction of sp³-hybridized carbons (Fsp3) is 0. The van der Waals surface area contributed by atoms with Gasteiger partial charge in [-0.3, -0.25) is 4.72 Å². The van der Waals surface area contributed by atoms with Gasteiger partial charge in [0.05, 0.1) is 28.2 Å². The SMILES string of the molecule is O=C(O)c1cnn(-c2cccc(NS(=O)(=O)c3ccccc3)c2)c1-c1ccccc1. The molecule has 30 heavy (non-hydrogen) atoms. The smallest absolute Gasteiger partial charge is 0.339 e. The topological polar surface area (TPSA) is 101 Å². The lowest BCUT2D eigenvalue weighted by Crippen LogP contribution is -2.13. The van der Waals surface area contributed by atoms with Crippen LogP contribution >= 0.6 is 0 Å². The molecule has 0 aliphatic rings. The van der Waals surface area contributed by atoms with E-state index in [9.17, 15) is 18.3 Å². The van der Waals surface area contributed by atoms with Crippen LogP contribution in [0.1, 0.15) is 10.4 Å². The Bertz CT molecular complexity index is 1300. The van der Waals surface area contributed by atoms with Crippen molar-refractivity contribution < 1.29 is 18.3 Å². The van der Waals surface area contributed by atoms with Crippen molar-refractivity contribution >= 4 is 21.7 Å². The second kappa shape index (κ2) is 7.84. The largest absolute Gasteiger partial charge is 0.478 e. The summed E-state index contributed by atoms with van der Waals surface area (Å²) in [6.45, 7) is 0. The Hall–Kier alpha value is -3.91. The lowest BCUT2D eigenvalue weighted by molar-refractivity contribution is 0.0697. The number of carboxylic acid groups (broad SMARTS) is 1. The van der Waals surface area contributed by atoms with E-state index in [0.29, 0.717) is 22.6 Å². The molecule has 0 aliphatic carbocycles. The van der Waals surface area contributed by atoms with Crippen LogP contribution in [0.15, 0.2) is 96.0 Å². The van der Waals surface area contributed by atoms with Crippen molar-refractivity contribution in [1.82, 2.24) is 9.78 Å². The summed E-state index contributed by atoms with van der Waals surface area (Å²) in [5.41, 5.74) is 2.00. The number of nitrogens with one attached hydrogen (secondary N) is 1. The van der Waals surface area contributed by atoms with Gasteiger partial charge in [-0.2, -0.15) is 5.10 Å². The highest BCUT2D eigenvalue weighted by Crippen LogP contribution is 2.28. The molecule has 3 aromatic carbocycles. The number of aromatic nitrogens is 2. The highest BCUT2D eigenvalue weighted by Gasteiger charge is 2.20. The summed E-state index contributed by atoms with van der Waals surface area (Å²) in [4.78, 5) is 11.9. The maximum atomic E-state index is 12.6. The number of carbonyl (C=O) groups is 1. The third-order valence-corrected chi connectivity index (χ3v) is 5.84. The fourth-order valence-electron chi connectivity index (χ4n) is 3.09. The second-order valence-corrected chi connectivity index (χ2v) is 8.14. The molecule has 1 heterocycles. The van der Waals surface area contributed by atoms with Crippen molar-refractivity contribution in [3.05, 3.63) is 96.7 Å². The van der Waals surface area contributed by atoms with Crippen molar-refractivity contribution in [2.45, 2.75) is 4.90 Å². The van der Waals surface area contributed by atoms with Crippen molar-refractivity contribution in [3.63, 3.8) is 0 Å². The average molecular weight is 419 g/mol. The third kappa shape index (κ3) is 3.81. The zero-order valence-electron chi connectivity index (χ0n) is 15.6. The summed E-state index contributed by atoms with van der Waals surface area (Å²) >= 11 is 0. The van der Waals surface area contributed by atoms with Crippen LogP contribution in [0.2, 0.25) is 0 Å². The van der Waals surface area contributed by atoms with Gasteiger partial charge in [-0.25, -0.2) is 17.9 Å². The van der Waals surface area contributed by atoms with Crippen molar-refractivity contribution in [3.8, 4) is 16.9 Å². The summed E-state index contributed by atoms with van der Waals surface area (Å²) < 4.78 is 29.3. The van der Waals surface area contributed by atoms with E-state index >= 15 is 0 Å². The molecule has 0 bridgehead atoms. The van der Waals surface area contributed by atoms with Crippen molar-refractivity contribution in [1.29, 1.82) is 0 Å². The van der Waals surface area contributed by atoms with Crippen LogP contribution in [0.25, 0.3) is 16.9 Å². The van der Waals surface area contributed by atoms with Gasteiger partial charge < -0.3 is 5.11 Å². The minimum atomic E-state index is -3.76. The lowest BCUT2D eigenvalue weighted by atomic mass is 10.1. The van der Waals surface area contributed by atoms with Crippen LogP contribution in [-0.2, 0) is 10.0 Å². The first-order chi connectivity index (χ1) is 14.5. The highest BCUT2D eigenvalue weighted by molar-refractivity contribution is 7.92. The molecule has 0 fully saturated rings. The molecule has 0 saturated heterocycles. The van der Waals surface area contributed by atoms with E-state index in [-0.39, 0.29) is 10.5 Å². The summed E-state index contributed by atoms with van der Waals surface area (Å²) in [7, 11) is -3.76. The Morgan fingerprint density at radius 3 is 2.23 bits per heavy atom. The number of hydrogen-bond acceptors (Lipinski definition) is 4. The Morgan fingerprint density at radius 2 is 1.57 bits per heavy atom. The lowest BCUT2D eigenvalue weighted by Gasteiger charge is -2.12. The molecule has 7 nitrogen and oxygen atoms in total. The predicted octanol–water partition coefficient (Wildman–Crippen LogP) is 4.04. The summed E-state index contributed by atoms with van der Waals surface area (Å²) in [6.07, 6.45) is 1.28. The Morgan fingerprint density at radius 1 is 0.900 bits per heavy atom. The fourth-order valence-corrected chi connectivity index (χ4v) is 4.16. The molecule has 0 saturated carbocycles. The number of sulfonamides is 1. The monoisotopic (exact) mass is 419 g/mol. The Kier molecular flexibility index (Phi) is 5.07. The van der Waals surface area contributed by atoms with E-state index < -0.39 is 16.0 Å². The maximum Gasteiger partial charge on any atom is 0.339 e. The third-order valence-electron chi connectivity index (χ3n) is 4.44. The molecule has 150 valence electrons. The molecule has 1 aromatic heterocycles. The molecule has 2 N–H and O–H groups in total. The number of rotatable bonds is 6. The normalized spacial score (nSPS) is 11.2. The van der Waals surface area contributed by atoms with E-state index in [0.717, 1.165) is 0 Å². The Labute approximate surface area is 173 Å². The molecule has 0 atom stereocenters. The molecule has 4 rings (SSSR count). The highest BCUT2D eigenvalue weighted by atomic mass is 32.2. The maximum absolute atomic E-state index is 12.6. The van der Waals surface area contributed by atoms with Crippen LogP contribution in [0.5, 0.6) is 0 Å². The van der Waals surface area contributed by atoms with E-state index in [1.54, 1.807) is 54.6 Å². The minimum Gasteiger partial charge on any atom is -0.478 e. The molecule has 0 aliphatic heterocycles. The number of aromatic carboxylic acids is 1. The zero-order valence-corrected chi connectivity index (χ0v) is 16.5. The predicted molar refractivity (Wildman–Crippen MR) is 113 cm³/mol. The van der Waals surface area contributed by atoms with Crippen LogP contribution in [0.3, 0.4) is 0 Å². The number of benzene rings is 3. The van der Waals surface area contributed by atoms with E-state index in [1.807, 2.05) is 18.2 Å². The van der Waals surface area contributed by atoms with Gasteiger partial charge >= 0.3 is 5.97 Å². The van der Waals surface area contributed by atoms with Crippen LogP contribution in [0, 0.1) is 0 Å². The van der Waals surface area contributed by atoms with Gasteiger partial charge in [-0.15, -0.1) is 0 Å². The molecule has 0 radical (unpaired) electrons. The van der Waals surface area contributed by atoms with Crippen LogP contribution < -0.4 is 4.72 Å². The van der Waals surface area contributed by atoms with Gasteiger partial charge in [-0.1, -0.05) is 54.6 Å². The molecule has 0 amide bonds. The molecular weight excluding hydrogens is 402 g/mol. The Balaban J connectivity index is 1.76. The van der Waals surface area contributed by atoms with Crippen LogP contribution in [0.4, 0.5) is 5.69 Å². The molecule has 0 unspecified atom stereocenters. The van der Waals surface area contributed by atoms with Crippen LogP contribution in [-0.4, -0.2) is 29.3 Å². The number of hydrogen-bond donors (Lipinski definition) is 2. The van der Waals surface area contributed by atoms with Gasteiger partial charge in [0.2, 0.25) is 0 Å². The quantitative estimate of drug-likeness (QED) is 0.491. The van der Waals surface area contributed by atoms with Crippen molar-refractivity contribution in [2.24, 2.45) is 0 Å². The first-order valence-electron chi connectivity index (χ1n) is 9.01. The first kappa shape index (κ1) is 19.4. The molecule has 0 spiro atoms. The van der Waals surface area contributed by atoms with Gasteiger partial charge in [0.15, 0.2) is 0 Å². The minimum absolute atomic E-state index is 0.0523. The standard InChI is InChI=1S/C22H17N3O4S/c26-22(27)20-15-23-25(21(20)16-8-3-1-4-9-16)18-11-7-10-17(14-18)24-30(28,29)19-12-5-2-6-13-19/h1-15,24H,(H,26,27).